The lowest BCUT2D eigenvalue weighted by Crippen LogP contribution is -2.28. The monoisotopic (exact) mass is 608 g/mol. The molecule has 252 valence electrons. The van der Waals surface area contributed by atoms with Crippen LogP contribution >= 0.6 is 0 Å². The minimum absolute atomic E-state index is 0.0531. The van der Waals surface area contributed by atoms with Crippen molar-refractivity contribution < 1.29 is 24.2 Å². The first kappa shape index (κ1) is 41.1. The van der Waals surface area contributed by atoms with E-state index in [-0.39, 0.29) is 24.5 Å². The van der Waals surface area contributed by atoms with Gasteiger partial charge in [0.25, 0.3) is 0 Å². The van der Waals surface area contributed by atoms with Crippen LogP contribution in [0.5, 0.6) is 0 Å². The number of ether oxygens (including phenoxy) is 1. The van der Waals surface area contributed by atoms with Gasteiger partial charge in [-0.15, -0.1) is 0 Å². The molecular formula is C37H69NO5. The van der Waals surface area contributed by atoms with Crippen molar-refractivity contribution in [2.45, 2.75) is 200 Å². The number of aliphatic carboxylic acids is 1. The predicted octanol–water partition coefficient (Wildman–Crippen LogP) is 10.6. The van der Waals surface area contributed by atoms with Crippen molar-refractivity contribution in [1.82, 2.24) is 5.32 Å². The maximum atomic E-state index is 12.6. The number of unbranched alkanes of at least 4 members (excludes halogenated alkanes) is 22. The molecule has 1 amide bonds. The summed E-state index contributed by atoms with van der Waals surface area (Å²) in [7, 11) is 0. The number of carboxylic acid groups (broad SMARTS) is 1. The molecular weight excluding hydrogens is 538 g/mol. The zero-order chi connectivity index (χ0) is 31.6. The average molecular weight is 608 g/mol. The van der Waals surface area contributed by atoms with E-state index in [1.165, 1.54) is 103 Å². The van der Waals surface area contributed by atoms with Crippen LogP contribution < -0.4 is 5.32 Å². The first-order valence-electron chi connectivity index (χ1n) is 18.3. The molecule has 6 nitrogen and oxygen atoms in total. The molecule has 1 unspecified atom stereocenters. The molecule has 0 aliphatic carbocycles. The van der Waals surface area contributed by atoms with Crippen molar-refractivity contribution in [1.29, 1.82) is 0 Å². The Hall–Kier alpha value is -1.85. The van der Waals surface area contributed by atoms with E-state index in [0.29, 0.717) is 12.8 Å². The second-order valence-corrected chi connectivity index (χ2v) is 12.5. The van der Waals surface area contributed by atoms with Crippen LogP contribution in [-0.2, 0) is 19.1 Å². The molecule has 0 saturated carbocycles. The molecule has 0 aromatic carbocycles. The number of amides is 1. The number of carbonyl (C=O) groups is 3. The molecule has 0 aliphatic rings. The summed E-state index contributed by atoms with van der Waals surface area (Å²) in [5, 5.41) is 11.0. The van der Waals surface area contributed by atoms with Gasteiger partial charge in [-0.2, -0.15) is 0 Å². The van der Waals surface area contributed by atoms with Crippen molar-refractivity contribution in [3.8, 4) is 0 Å². The molecule has 2 N–H and O–H groups in total. The number of hydrogen-bond acceptors (Lipinski definition) is 4. The first-order chi connectivity index (χ1) is 21.0. The number of nitrogens with one attached hydrogen (secondary N) is 1. The minimum atomic E-state index is -1.01. The third-order valence-electron chi connectivity index (χ3n) is 8.17. The van der Waals surface area contributed by atoms with E-state index in [4.69, 9.17) is 9.84 Å². The van der Waals surface area contributed by atoms with Crippen LogP contribution in [0, 0.1) is 0 Å². The Bertz CT molecular complexity index is 678. The lowest BCUT2D eigenvalue weighted by molar-refractivity contribution is -0.147. The van der Waals surface area contributed by atoms with Gasteiger partial charge in [0.05, 0.1) is 0 Å². The maximum absolute atomic E-state index is 12.6. The second-order valence-electron chi connectivity index (χ2n) is 12.5. The number of rotatable bonds is 33. The molecule has 0 aliphatic heterocycles. The molecule has 0 aromatic heterocycles. The standard InChI is InChI=1S/C37H69NO5/c1-3-5-7-9-11-13-14-16-18-24-28-32-37(42)43-34(29-25-21-17-15-12-10-8-6-4-2)30-26-22-19-20-23-27-31-35(39)38-33-36(40)41/h25,29,34H,3-24,26-28,30-33H2,1-2H3,(H,38,39)(H,40,41)/b29-25-. The molecule has 43 heavy (non-hydrogen) atoms. The number of allylic oxidation sites excluding steroid dienone is 1. The fourth-order valence-electron chi connectivity index (χ4n) is 5.42. The normalized spacial score (nSPS) is 12.0. The van der Waals surface area contributed by atoms with Crippen molar-refractivity contribution in [2.24, 2.45) is 0 Å². The van der Waals surface area contributed by atoms with Crippen LogP contribution in [0.3, 0.4) is 0 Å². The first-order valence-corrected chi connectivity index (χ1v) is 18.3. The molecule has 6 heteroatoms. The van der Waals surface area contributed by atoms with Gasteiger partial charge in [0, 0.05) is 12.8 Å². The Morgan fingerprint density at radius 2 is 1.05 bits per heavy atom. The molecule has 0 fully saturated rings. The zero-order valence-electron chi connectivity index (χ0n) is 28.3. The molecule has 0 spiro atoms. The molecule has 0 bridgehead atoms. The maximum Gasteiger partial charge on any atom is 0.322 e. The van der Waals surface area contributed by atoms with Gasteiger partial charge in [0.2, 0.25) is 5.91 Å². The lowest BCUT2D eigenvalue weighted by atomic mass is 10.0. The van der Waals surface area contributed by atoms with Gasteiger partial charge >= 0.3 is 11.9 Å². The summed E-state index contributed by atoms with van der Waals surface area (Å²) in [6.07, 6.45) is 36.2. The van der Waals surface area contributed by atoms with Crippen molar-refractivity contribution >= 4 is 17.8 Å². The number of carbonyl (C=O) groups excluding carboxylic acids is 2. The van der Waals surface area contributed by atoms with Crippen molar-refractivity contribution in [3.63, 3.8) is 0 Å². The Kier molecular flexibility index (Phi) is 31.6. The highest BCUT2D eigenvalue weighted by molar-refractivity contribution is 5.80. The fraction of sp³-hybridized carbons (Fsp3) is 0.865. The van der Waals surface area contributed by atoms with E-state index in [1.54, 1.807) is 0 Å². The minimum Gasteiger partial charge on any atom is -0.480 e. The van der Waals surface area contributed by atoms with E-state index in [9.17, 15) is 14.4 Å². The summed E-state index contributed by atoms with van der Waals surface area (Å²) < 4.78 is 5.91. The van der Waals surface area contributed by atoms with Gasteiger partial charge in [-0.25, -0.2) is 0 Å². The predicted molar refractivity (Wildman–Crippen MR) is 180 cm³/mol. The van der Waals surface area contributed by atoms with E-state index < -0.39 is 5.97 Å². The van der Waals surface area contributed by atoms with Crippen molar-refractivity contribution in [3.05, 3.63) is 12.2 Å². The van der Waals surface area contributed by atoms with Gasteiger partial charge in [0.15, 0.2) is 0 Å². The van der Waals surface area contributed by atoms with Crippen LogP contribution in [0.25, 0.3) is 0 Å². The Morgan fingerprint density at radius 3 is 1.56 bits per heavy atom. The third-order valence-corrected chi connectivity index (χ3v) is 8.17. The highest BCUT2D eigenvalue weighted by Gasteiger charge is 2.11. The smallest absolute Gasteiger partial charge is 0.322 e. The summed E-state index contributed by atoms with van der Waals surface area (Å²) >= 11 is 0. The van der Waals surface area contributed by atoms with Crippen LogP contribution in [0.1, 0.15) is 194 Å². The summed E-state index contributed by atoms with van der Waals surface area (Å²) in [4.78, 5) is 34.7. The third kappa shape index (κ3) is 32.9. The van der Waals surface area contributed by atoms with Crippen LogP contribution in [0.4, 0.5) is 0 Å². The zero-order valence-corrected chi connectivity index (χ0v) is 28.3. The Morgan fingerprint density at radius 1 is 0.605 bits per heavy atom. The highest BCUT2D eigenvalue weighted by Crippen LogP contribution is 2.16. The molecule has 0 radical (unpaired) electrons. The largest absolute Gasteiger partial charge is 0.480 e. The molecule has 0 saturated heterocycles. The Labute approximate surface area is 265 Å². The van der Waals surface area contributed by atoms with E-state index in [1.807, 2.05) is 0 Å². The van der Waals surface area contributed by atoms with Crippen LogP contribution in [0.2, 0.25) is 0 Å². The topological polar surface area (TPSA) is 92.7 Å². The van der Waals surface area contributed by atoms with Crippen molar-refractivity contribution in [2.75, 3.05) is 6.54 Å². The van der Waals surface area contributed by atoms with Gasteiger partial charge in [-0.05, 0) is 44.6 Å². The van der Waals surface area contributed by atoms with Crippen LogP contribution in [-0.4, -0.2) is 35.6 Å². The summed E-state index contributed by atoms with van der Waals surface area (Å²) in [6, 6.07) is 0. The highest BCUT2D eigenvalue weighted by atomic mass is 16.5. The fourth-order valence-corrected chi connectivity index (χ4v) is 5.42. The van der Waals surface area contributed by atoms with Gasteiger partial charge < -0.3 is 15.2 Å². The Balaban J connectivity index is 4.19. The molecule has 1 atom stereocenters. The van der Waals surface area contributed by atoms with Gasteiger partial charge in [-0.3, -0.25) is 14.4 Å². The van der Waals surface area contributed by atoms with E-state index >= 15 is 0 Å². The van der Waals surface area contributed by atoms with Crippen LogP contribution in [0.15, 0.2) is 12.2 Å². The number of carboxylic acids is 1. The molecule has 0 aromatic rings. The molecule has 0 rings (SSSR count). The van der Waals surface area contributed by atoms with E-state index in [2.05, 4.69) is 31.3 Å². The molecule has 0 heterocycles. The average Bonchev–Trinajstić information content (AvgIpc) is 2.99. The number of esters is 1. The number of hydrogen-bond donors (Lipinski definition) is 2. The quantitative estimate of drug-likeness (QED) is 0.0440. The van der Waals surface area contributed by atoms with E-state index in [0.717, 1.165) is 64.2 Å². The lowest BCUT2D eigenvalue weighted by Gasteiger charge is -2.15. The van der Waals surface area contributed by atoms with Gasteiger partial charge in [0.1, 0.15) is 12.6 Å². The summed E-state index contributed by atoms with van der Waals surface area (Å²) in [5.74, 6) is -1.26. The summed E-state index contributed by atoms with van der Waals surface area (Å²) in [5.41, 5.74) is 0. The SMILES string of the molecule is CCCCCCCCC/C=C\C(CCCCCCCCC(=O)NCC(=O)O)OC(=O)CCCCCCCCCCCCC. The summed E-state index contributed by atoms with van der Waals surface area (Å²) in [6.45, 7) is 4.21. The van der Waals surface area contributed by atoms with Gasteiger partial charge in [-0.1, -0.05) is 148 Å². The second kappa shape index (κ2) is 33.1.